The monoisotopic (exact) mass is 272 g/mol. The van der Waals surface area contributed by atoms with Gasteiger partial charge in [-0.15, -0.1) is 0 Å². The van der Waals surface area contributed by atoms with Crippen LogP contribution in [0.3, 0.4) is 0 Å². The lowest BCUT2D eigenvalue weighted by Gasteiger charge is -2.27. The number of hydrogen-bond acceptors (Lipinski definition) is 3. The van der Waals surface area contributed by atoms with Gasteiger partial charge in [-0.2, -0.15) is 0 Å². The van der Waals surface area contributed by atoms with Gasteiger partial charge < -0.3 is 20.4 Å². The molecule has 3 N–H and O–H groups in total. The number of amides is 2. The molecular formula is C13H24N2O4. The molecule has 0 bridgehead atoms. The van der Waals surface area contributed by atoms with E-state index in [9.17, 15) is 9.59 Å². The fraction of sp³-hybridized carbons (Fsp3) is 0.846. The number of carboxylic acid groups (broad SMARTS) is 1. The molecule has 6 heteroatoms. The van der Waals surface area contributed by atoms with Gasteiger partial charge in [-0.05, 0) is 39.5 Å². The summed E-state index contributed by atoms with van der Waals surface area (Å²) in [7, 11) is 0. The maximum atomic E-state index is 12.1. The van der Waals surface area contributed by atoms with E-state index in [1.54, 1.807) is 18.7 Å². The van der Waals surface area contributed by atoms with E-state index in [0.717, 1.165) is 19.3 Å². The molecule has 0 aromatic rings. The Morgan fingerprint density at radius 3 is 2.68 bits per heavy atom. The standard InChI is InChI=1S/C13H24N2O4/c1-9(12(17)18)10(2)14-13(19)15-7-3-5-11(15)6-4-8-16/h9-11,16H,3-8H2,1-2H3,(H,14,19)(H,17,18). The van der Waals surface area contributed by atoms with Gasteiger partial charge in [0.15, 0.2) is 0 Å². The fourth-order valence-electron chi connectivity index (χ4n) is 2.35. The molecule has 1 aliphatic heterocycles. The van der Waals surface area contributed by atoms with Crippen molar-refractivity contribution in [1.29, 1.82) is 0 Å². The zero-order valence-corrected chi connectivity index (χ0v) is 11.6. The molecule has 1 fully saturated rings. The zero-order valence-electron chi connectivity index (χ0n) is 11.6. The first-order valence-corrected chi connectivity index (χ1v) is 6.88. The third kappa shape index (κ3) is 4.38. The molecule has 1 saturated heterocycles. The second kappa shape index (κ2) is 7.33. The van der Waals surface area contributed by atoms with Crippen molar-refractivity contribution >= 4 is 12.0 Å². The van der Waals surface area contributed by atoms with Crippen molar-refractivity contribution in [2.75, 3.05) is 13.2 Å². The second-order valence-corrected chi connectivity index (χ2v) is 5.22. The molecule has 0 spiro atoms. The van der Waals surface area contributed by atoms with Crippen LogP contribution in [0, 0.1) is 5.92 Å². The first-order chi connectivity index (χ1) is 8.97. The van der Waals surface area contributed by atoms with Crippen LogP contribution in [-0.4, -0.2) is 52.3 Å². The number of aliphatic carboxylic acids is 1. The summed E-state index contributed by atoms with van der Waals surface area (Å²) in [5, 5.41) is 20.5. The van der Waals surface area contributed by atoms with E-state index < -0.39 is 17.9 Å². The van der Waals surface area contributed by atoms with Gasteiger partial charge in [-0.1, -0.05) is 0 Å². The van der Waals surface area contributed by atoms with Gasteiger partial charge >= 0.3 is 12.0 Å². The average molecular weight is 272 g/mol. The molecule has 19 heavy (non-hydrogen) atoms. The van der Waals surface area contributed by atoms with Gasteiger partial charge in [0.1, 0.15) is 0 Å². The summed E-state index contributed by atoms with van der Waals surface area (Å²) in [6.45, 7) is 4.13. The van der Waals surface area contributed by atoms with Crippen LogP contribution >= 0.6 is 0 Å². The fourth-order valence-corrected chi connectivity index (χ4v) is 2.35. The summed E-state index contributed by atoms with van der Waals surface area (Å²) < 4.78 is 0. The summed E-state index contributed by atoms with van der Waals surface area (Å²) in [5.74, 6) is -1.52. The van der Waals surface area contributed by atoms with Crippen LogP contribution in [0.1, 0.15) is 39.5 Å². The van der Waals surface area contributed by atoms with Gasteiger partial charge in [0.05, 0.1) is 5.92 Å². The predicted molar refractivity (Wildman–Crippen MR) is 70.8 cm³/mol. The van der Waals surface area contributed by atoms with E-state index in [4.69, 9.17) is 10.2 Å². The van der Waals surface area contributed by atoms with Crippen molar-refractivity contribution in [3.05, 3.63) is 0 Å². The van der Waals surface area contributed by atoms with Crippen LogP contribution in [0.4, 0.5) is 4.79 Å². The van der Waals surface area contributed by atoms with Gasteiger partial charge in [-0.3, -0.25) is 4.79 Å². The maximum Gasteiger partial charge on any atom is 0.317 e. The van der Waals surface area contributed by atoms with Crippen molar-refractivity contribution in [2.24, 2.45) is 5.92 Å². The Morgan fingerprint density at radius 1 is 1.42 bits per heavy atom. The van der Waals surface area contributed by atoms with E-state index in [1.165, 1.54) is 0 Å². The number of urea groups is 1. The van der Waals surface area contributed by atoms with Crippen molar-refractivity contribution in [3.63, 3.8) is 0 Å². The number of rotatable bonds is 6. The van der Waals surface area contributed by atoms with Crippen molar-refractivity contribution in [3.8, 4) is 0 Å². The molecule has 0 aromatic carbocycles. The Kier molecular flexibility index (Phi) is 6.08. The van der Waals surface area contributed by atoms with Crippen LogP contribution in [-0.2, 0) is 4.79 Å². The first-order valence-electron chi connectivity index (χ1n) is 6.88. The van der Waals surface area contributed by atoms with E-state index >= 15 is 0 Å². The molecule has 1 heterocycles. The molecule has 110 valence electrons. The summed E-state index contributed by atoms with van der Waals surface area (Å²) in [5.41, 5.74) is 0. The highest BCUT2D eigenvalue weighted by Crippen LogP contribution is 2.21. The topological polar surface area (TPSA) is 89.9 Å². The zero-order chi connectivity index (χ0) is 14.4. The minimum atomic E-state index is -0.911. The molecule has 0 aliphatic carbocycles. The second-order valence-electron chi connectivity index (χ2n) is 5.22. The highest BCUT2D eigenvalue weighted by Gasteiger charge is 2.30. The SMILES string of the molecule is CC(NC(=O)N1CCCC1CCCO)C(C)C(=O)O. The number of likely N-dealkylation sites (tertiary alicyclic amines) is 1. The Hall–Kier alpha value is -1.30. The quantitative estimate of drug-likeness (QED) is 0.674. The van der Waals surface area contributed by atoms with Gasteiger partial charge in [0.2, 0.25) is 0 Å². The van der Waals surface area contributed by atoms with Crippen molar-refractivity contribution in [1.82, 2.24) is 10.2 Å². The average Bonchev–Trinajstić information content (AvgIpc) is 2.83. The molecule has 3 atom stereocenters. The Balaban J connectivity index is 2.49. The van der Waals surface area contributed by atoms with Gasteiger partial charge in [0, 0.05) is 25.2 Å². The molecule has 0 aromatic heterocycles. The van der Waals surface area contributed by atoms with Crippen molar-refractivity contribution < 1.29 is 19.8 Å². The summed E-state index contributed by atoms with van der Waals surface area (Å²) in [4.78, 5) is 24.7. The number of carbonyl (C=O) groups is 2. The Morgan fingerprint density at radius 2 is 2.11 bits per heavy atom. The van der Waals surface area contributed by atoms with Crippen LogP contribution in [0.2, 0.25) is 0 Å². The highest BCUT2D eigenvalue weighted by atomic mass is 16.4. The van der Waals surface area contributed by atoms with E-state index in [-0.39, 0.29) is 18.7 Å². The molecule has 0 radical (unpaired) electrons. The summed E-state index contributed by atoms with van der Waals surface area (Å²) in [6.07, 6.45) is 3.41. The van der Waals surface area contributed by atoms with Crippen LogP contribution in [0.15, 0.2) is 0 Å². The normalized spacial score (nSPS) is 22.1. The van der Waals surface area contributed by atoms with Crippen LogP contribution in [0.25, 0.3) is 0 Å². The van der Waals surface area contributed by atoms with Crippen LogP contribution < -0.4 is 5.32 Å². The minimum Gasteiger partial charge on any atom is -0.481 e. The number of aliphatic hydroxyl groups is 1. The van der Waals surface area contributed by atoms with Crippen molar-refractivity contribution in [2.45, 2.75) is 51.6 Å². The number of aliphatic hydroxyl groups excluding tert-OH is 1. The number of carbonyl (C=O) groups excluding carboxylic acids is 1. The number of nitrogens with zero attached hydrogens (tertiary/aromatic N) is 1. The molecule has 6 nitrogen and oxygen atoms in total. The third-order valence-corrected chi connectivity index (χ3v) is 3.82. The minimum absolute atomic E-state index is 0.137. The number of carboxylic acids is 1. The summed E-state index contributed by atoms with van der Waals surface area (Å²) >= 11 is 0. The maximum absolute atomic E-state index is 12.1. The van der Waals surface area contributed by atoms with E-state index in [2.05, 4.69) is 5.32 Å². The smallest absolute Gasteiger partial charge is 0.317 e. The molecule has 3 unspecified atom stereocenters. The Bertz CT molecular complexity index is 322. The predicted octanol–water partition coefficient (Wildman–Crippen LogP) is 1.04. The van der Waals surface area contributed by atoms with Gasteiger partial charge in [0.25, 0.3) is 0 Å². The highest BCUT2D eigenvalue weighted by molar-refractivity contribution is 5.77. The van der Waals surface area contributed by atoms with Crippen LogP contribution in [0.5, 0.6) is 0 Å². The molecular weight excluding hydrogens is 248 g/mol. The lowest BCUT2D eigenvalue weighted by molar-refractivity contribution is -0.141. The van der Waals surface area contributed by atoms with E-state index in [0.29, 0.717) is 13.0 Å². The largest absolute Gasteiger partial charge is 0.481 e. The first kappa shape index (κ1) is 15.8. The lowest BCUT2D eigenvalue weighted by Crippen LogP contribution is -2.48. The molecule has 0 saturated carbocycles. The molecule has 2 amide bonds. The number of hydrogen-bond donors (Lipinski definition) is 3. The summed E-state index contributed by atoms with van der Waals surface area (Å²) in [6, 6.07) is -0.426. The molecule has 1 aliphatic rings. The van der Waals surface area contributed by atoms with Gasteiger partial charge in [-0.25, -0.2) is 4.79 Å². The number of nitrogens with one attached hydrogen (secondary N) is 1. The molecule has 1 rings (SSSR count). The third-order valence-electron chi connectivity index (χ3n) is 3.82. The van der Waals surface area contributed by atoms with E-state index in [1.807, 2.05) is 0 Å². The Labute approximate surface area is 113 Å². The lowest BCUT2D eigenvalue weighted by atomic mass is 10.0.